The van der Waals surface area contributed by atoms with Crippen LogP contribution in [0.5, 0.6) is 0 Å². The number of esters is 1. The largest absolute Gasteiger partial charge is 0.480 e. The van der Waals surface area contributed by atoms with Crippen LogP contribution in [0.25, 0.3) is 0 Å². The molecule has 23 heteroatoms. The van der Waals surface area contributed by atoms with Crippen LogP contribution in [0.1, 0.15) is 99.5 Å². The third-order valence-corrected chi connectivity index (χ3v) is 12.2. The first-order chi connectivity index (χ1) is 34.6. The van der Waals surface area contributed by atoms with Crippen molar-refractivity contribution >= 4 is 65.2 Å². The highest BCUT2D eigenvalue weighted by Crippen LogP contribution is 2.20. The molecule has 1 aromatic rings. The van der Waals surface area contributed by atoms with Crippen LogP contribution in [0, 0.1) is 23.7 Å². The van der Waals surface area contributed by atoms with E-state index in [1.54, 1.807) is 26.8 Å². The molecule has 1 heterocycles. The van der Waals surface area contributed by atoms with Gasteiger partial charge in [0.05, 0.1) is 17.9 Å². The Morgan fingerprint density at radius 1 is 0.811 bits per heavy atom. The Balaban J connectivity index is 2.76. The summed E-state index contributed by atoms with van der Waals surface area (Å²) in [5.74, 6) is -13.4. The molecule has 10 atom stereocenters. The van der Waals surface area contributed by atoms with Gasteiger partial charge >= 0.3 is 17.9 Å². The molecule has 1 saturated heterocycles. The number of benzene rings is 1. The van der Waals surface area contributed by atoms with Crippen molar-refractivity contribution in [2.24, 2.45) is 40.1 Å². The molecular weight excluding hydrogens is 961 g/mol. The van der Waals surface area contributed by atoms with E-state index in [4.69, 9.17) is 16.2 Å². The molecule has 0 aliphatic carbocycles. The Morgan fingerprint density at radius 2 is 1.42 bits per heavy atom. The third-order valence-electron chi connectivity index (χ3n) is 12.2. The number of carbonyl (C=O) groups is 10. The summed E-state index contributed by atoms with van der Waals surface area (Å²) in [7, 11) is 1.20. The Kier molecular flexibility index (Phi) is 25.7. The number of rotatable bonds is 16. The number of carbonyl (C=O) groups excluding carboxylic acids is 8. The van der Waals surface area contributed by atoms with Gasteiger partial charge in [-0.3, -0.25) is 43.3 Å². The van der Waals surface area contributed by atoms with Gasteiger partial charge in [-0.25, -0.2) is 9.59 Å². The van der Waals surface area contributed by atoms with Crippen molar-refractivity contribution < 1.29 is 62.9 Å². The van der Waals surface area contributed by atoms with Crippen molar-refractivity contribution in [2.45, 2.75) is 143 Å². The molecule has 1 aliphatic rings. The number of aliphatic imine (C=N–C) groups is 1. The van der Waals surface area contributed by atoms with E-state index in [1.807, 2.05) is 43.3 Å². The zero-order valence-corrected chi connectivity index (χ0v) is 43.8. The summed E-state index contributed by atoms with van der Waals surface area (Å²) in [5.41, 5.74) is 12.1. The number of carboxylic acid groups (broad SMARTS) is 2. The highest BCUT2D eigenvalue weighted by molar-refractivity contribution is 6.00. The fourth-order valence-electron chi connectivity index (χ4n) is 7.69. The number of unbranched alkanes of at least 4 members (excludes halogenated alkanes) is 1. The Bertz CT molecular complexity index is 2280. The van der Waals surface area contributed by atoms with Gasteiger partial charge in [-0.05, 0) is 57.4 Å². The van der Waals surface area contributed by atoms with Gasteiger partial charge in [0.15, 0.2) is 5.96 Å². The van der Waals surface area contributed by atoms with E-state index < -0.39 is 132 Å². The van der Waals surface area contributed by atoms with Crippen molar-refractivity contribution in [3.8, 4) is 0 Å². The zero-order chi connectivity index (χ0) is 56.0. The number of nitrogens with one attached hydrogen (secondary N) is 6. The second-order valence-electron chi connectivity index (χ2n) is 19.0. The Hall–Kier alpha value is -7.59. The van der Waals surface area contributed by atoms with Crippen LogP contribution >= 0.6 is 0 Å². The van der Waals surface area contributed by atoms with Crippen LogP contribution < -0.4 is 43.4 Å². The number of carboxylic acids is 2. The lowest BCUT2D eigenvalue weighted by Gasteiger charge is -2.28. The van der Waals surface area contributed by atoms with Crippen molar-refractivity contribution in [3.05, 3.63) is 72.0 Å². The topological polar surface area (TPSA) is 360 Å². The third kappa shape index (κ3) is 21.2. The van der Waals surface area contributed by atoms with Crippen molar-refractivity contribution in [2.75, 3.05) is 13.6 Å². The number of guanidine groups is 1. The molecule has 0 bridgehead atoms. The monoisotopic (exact) mass is 1040 g/mol. The number of aliphatic carboxylic acids is 2. The quantitative estimate of drug-likeness (QED) is 0.0275. The molecular formula is C51H76N10O13. The van der Waals surface area contributed by atoms with E-state index in [1.165, 1.54) is 40.8 Å². The number of hydrogen-bond acceptors (Lipinski definition) is 12. The summed E-state index contributed by atoms with van der Waals surface area (Å²) in [5, 5.41) is 35.6. The van der Waals surface area contributed by atoms with Crippen LogP contribution in [0.4, 0.5) is 0 Å². The van der Waals surface area contributed by atoms with E-state index in [-0.39, 0.29) is 43.6 Å². The van der Waals surface area contributed by atoms with Crippen molar-refractivity contribution in [1.29, 1.82) is 0 Å². The average Bonchev–Trinajstić information content (AvgIpc) is 3.32. The van der Waals surface area contributed by atoms with Gasteiger partial charge in [0, 0.05) is 39.3 Å². The predicted octanol–water partition coefficient (Wildman–Crippen LogP) is 0.925. The first-order valence-corrected chi connectivity index (χ1v) is 24.5. The van der Waals surface area contributed by atoms with Crippen molar-refractivity contribution in [3.63, 3.8) is 0 Å². The minimum atomic E-state index is -1.89. The first-order valence-electron chi connectivity index (χ1n) is 24.5. The van der Waals surface area contributed by atoms with Gasteiger partial charge in [0.1, 0.15) is 42.0 Å². The van der Waals surface area contributed by atoms with Gasteiger partial charge in [0.2, 0.25) is 35.4 Å². The normalized spacial score (nSPS) is 24.7. The lowest BCUT2D eigenvalue weighted by molar-refractivity contribution is -0.148. The summed E-state index contributed by atoms with van der Waals surface area (Å²) in [4.78, 5) is 138. The smallest absolute Gasteiger partial charge is 0.327 e. The van der Waals surface area contributed by atoms with Crippen LogP contribution in [-0.2, 0) is 59.1 Å². The van der Waals surface area contributed by atoms with Gasteiger partial charge in [-0.1, -0.05) is 95.3 Å². The molecule has 0 unspecified atom stereocenters. The number of hydrogen-bond donors (Lipinski definition) is 10. The molecule has 408 valence electrons. The average molecular weight is 1040 g/mol. The molecule has 1 fully saturated rings. The molecule has 7 amide bonds. The molecule has 1 aromatic carbocycles. The zero-order valence-electron chi connectivity index (χ0n) is 43.8. The molecule has 12 N–H and O–H groups in total. The Morgan fingerprint density at radius 3 is 2.00 bits per heavy atom. The molecule has 74 heavy (non-hydrogen) atoms. The second kappa shape index (κ2) is 30.4. The number of nitrogens with two attached hydrogens (primary N) is 2. The minimum Gasteiger partial charge on any atom is -0.480 e. The lowest BCUT2D eigenvalue weighted by atomic mass is 9.94. The maximum atomic E-state index is 14.5. The minimum absolute atomic E-state index is 0.00265. The summed E-state index contributed by atoms with van der Waals surface area (Å²) in [6, 6.07) is 0.529. The predicted molar refractivity (Wildman–Crippen MR) is 274 cm³/mol. The summed E-state index contributed by atoms with van der Waals surface area (Å²) in [6.45, 7) is 16.1. The second-order valence-corrected chi connectivity index (χ2v) is 19.0. The number of allylic oxidation sites excluding steroid dienone is 2. The van der Waals surface area contributed by atoms with E-state index in [0.29, 0.717) is 18.4 Å². The van der Waals surface area contributed by atoms with E-state index in [9.17, 15) is 58.2 Å². The maximum absolute atomic E-state index is 14.5. The summed E-state index contributed by atoms with van der Waals surface area (Å²) < 4.78 is 5.68. The van der Waals surface area contributed by atoms with Gasteiger partial charge in [-0.2, -0.15) is 0 Å². The SMILES string of the molecule is C=C1C(=O)N[C@H](C)C(=O)N[C@@H](CC(C)C)C(=O)N[C@@H](C(=O)O)[C@H](C)C(=O)N[C@@H](CCCCN=C(N)N)C(=O)N[C@@H](/C=C/C(C)=C/[C@H](C)[C@H](Cc2ccccc2)OC(C)=O)[C@H](C)C(=O)N[C@@H](C(=O)O)CCC(=O)N1C. The van der Waals surface area contributed by atoms with E-state index >= 15 is 0 Å². The number of nitrogens with zero attached hydrogens (tertiary/aromatic N) is 2. The first kappa shape index (κ1) is 62.5. The number of likely N-dealkylation sites (N-methyl/N-ethyl adjacent to an activating group) is 1. The Labute approximate surface area is 432 Å². The maximum Gasteiger partial charge on any atom is 0.327 e. The molecule has 0 spiro atoms. The van der Waals surface area contributed by atoms with Crippen LogP contribution in [0.3, 0.4) is 0 Å². The number of ether oxygens (including phenoxy) is 1. The van der Waals surface area contributed by atoms with Gasteiger partial charge in [-0.15, -0.1) is 0 Å². The summed E-state index contributed by atoms with van der Waals surface area (Å²) in [6.07, 6.45) is 4.29. The van der Waals surface area contributed by atoms with Gasteiger partial charge in [0.25, 0.3) is 5.91 Å². The fraction of sp³-hybridized carbons (Fsp3) is 0.549. The molecule has 2 rings (SSSR count). The molecule has 0 aromatic heterocycles. The van der Waals surface area contributed by atoms with Crippen LogP contribution in [-0.4, -0.2) is 136 Å². The highest BCUT2D eigenvalue weighted by Gasteiger charge is 2.37. The van der Waals surface area contributed by atoms with E-state index in [2.05, 4.69) is 43.5 Å². The summed E-state index contributed by atoms with van der Waals surface area (Å²) >= 11 is 0. The molecule has 23 nitrogen and oxygen atoms in total. The number of amides is 7. The van der Waals surface area contributed by atoms with E-state index in [0.717, 1.165) is 10.5 Å². The fourth-order valence-corrected chi connectivity index (χ4v) is 7.69. The highest BCUT2D eigenvalue weighted by atomic mass is 16.5. The lowest BCUT2D eigenvalue weighted by Crippen LogP contribution is -2.59. The van der Waals surface area contributed by atoms with Crippen molar-refractivity contribution in [1.82, 2.24) is 36.8 Å². The molecule has 1 aliphatic heterocycles. The van der Waals surface area contributed by atoms with Crippen LogP contribution in [0.2, 0.25) is 0 Å². The van der Waals surface area contributed by atoms with Gasteiger partial charge < -0.3 is 63.2 Å². The molecule has 0 radical (unpaired) electrons. The molecule has 0 saturated carbocycles. The standard InChI is InChI=1S/C51H76N10O13/c1-27(2)24-39-48(69)60-42(50(72)73)31(6)44(65)57-37(18-14-15-23-54-51(52)53)47(68)56-36(20-19-28(3)25-29(4)40(74-34(9)62)26-35-16-12-11-13-17-35)30(5)43(64)58-38(49(70)71)21-22-41(63)61(10)33(8)46(67)55-32(7)45(66)59-39/h11-13,16-17,19-20,25,27,29-32,36-40,42H,8,14-15,18,21-24,26H2,1-7,9-10H3,(H,55,67)(H,56,68)(H,57,65)(H,58,64)(H,59,66)(H,60,69)(H,70,71)(H,72,73)(H4,52,53,54)/b20-19+,28-25+/t29-,30-,31-,32+,36-,37-,38+,39-,40-,42+/m0/s1. The van der Waals surface area contributed by atoms with Crippen LogP contribution in [0.15, 0.2) is 71.4 Å².